The molecule has 4 aromatic rings. The highest BCUT2D eigenvalue weighted by Gasteiger charge is 2.12. The normalized spacial score (nSPS) is 11.3. The molecule has 0 bridgehead atoms. The largest absolute Gasteiger partial charge is 0.455 e. The standard InChI is InChI=1S/C19H13IO/c1-12-10-16(13-6-8-14(20)9-7-13)19-17(11-12)15-4-2-3-5-18(15)21-19/h2-11H,1H3. The summed E-state index contributed by atoms with van der Waals surface area (Å²) in [5.74, 6) is 0. The number of hydrogen-bond acceptors (Lipinski definition) is 1. The van der Waals surface area contributed by atoms with Crippen LogP contribution in [-0.4, -0.2) is 0 Å². The van der Waals surface area contributed by atoms with E-state index in [1.165, 1.54) is 25.5 Å². The Morgan fingerprint density at radius 2 is 1.62 bits per heavy atom. The van der Waals surface area contributed by atoms with E-state index in [1.807, 2.05) is 12.1 Å². The first-order valence-corrected chi connectivity index (χ1v) is 7.98. The zero-order valence-corrected chi connectivity index (χ0v) is 13.7. The molecule has 0 radical (unpaired) electrons. The summed E-state index contributed by atoms with van der Waals surface area (Å²) in [6.07, 6.45) is 0. The van der Waals surface area contributed by atoms with Gasteiger partial charge >= 0.3 is 0 Å². The molecule has 1 aromatic heterocycles. The maximum Gasteiger partial charge on any atom is 0.143 e. The minimum Gasteiger partial charge on any atom is -0.455 e. The van der Waals surface area contributed by atoms with Crippen molar-refractivity contribution in [2.75, 3.05) is 0 Å². The second-order valence-corrected chi connectivity index (χ2v) is 6.54. The van der Waals surface area contributed by atoms with E-state index in [0.29, 0.717) is 0 Å². The van der Waals surface area contributed by atoms with E-state index in [1.54, 1.807) is 0 Å². The van der Waals surface area contributed by atoms with Gasteiger partial charge in [0, 0.05) is 19.9 Å². The van der Waals surface area contributed by atoms with Gasteiger partial charge in [-0.3, -0.25) is 0 Å². The average molecular weight is 384 g/mol. The van der Waals surface area contributed by atoms with Gasteiger partial charge in [-0.05, 0) is 71.0 Å². The van der Waals surface area contributed by atoms with Crippen molar-refractivity contribution in [3.63, 3.8) is 0 Å². The summed E-state index contributed by atoms with van der Waals surface area (Å²) in [4.78, 5) is 0. The van der Waals surface area contributed by atoms with Crippen LogP contribution in [0.5, 0.6) is 0 Å². The Balaban J connectivity index is 2.10. The number of hydrogen-bond donors (Lipinski definition) is 0. The summed E-state index contributed by atoms with van der Waals surface area (Å²) in [6.45, 7) is 2.14. The quantitative estimate of drug-likeness (QED) is 0.358. The van der Waals surface area contributed by atoms with Crippen LogP contribution in [0.15, 0.2) is 65.1 Å². The van der Waals surface area contributed by atoms with Gasteiger partial charge in [0.15, 0.2) is 0 Å². The topological polar surface area (TPSA) is 13.1 Å². The summed E-state index contributed by atoms with van der Waals surface area (Å²) in [6, 6.07) is 21.2. The Bertz CT molecular complexity index is 949. The monoisotopic (exact) mass is 384 g/mol. The Morgan fingerprint density at radius 1 is 0.857 bits per heavy atom. The molecule has 0 aliphatic carbocycles. The average Bonchev–Trinajstić information content (AvgIpc) is 2.86. The zero-order chi connectivity index (χ0) is 14.4. The fourth-order valence-electron chi connectivity index (χ4n) is 2.82. The first-order chi connectivity index (χ1) is 10.2. The van der Waals surface area contributed by atoms with Gasteiger partial charge in [-0.25, -0.2) is 0 Å². The molecule has 0 fully saturated rings. The lowest BCUT2D eigenvalue weighted by molar-refractivity contribution is 0.670. The second kappa shape index (κ2) is 4.88. The molecule has 0 saturated carbocycles. The molecule has 0 unspecified atom stereocenters. The minimum absolute atomic E-state index is 0.949. The second-order valence-electron chi connectivity index (χ2n) is 5.29. The molecule has 0 amide bonds. The van der Waals surface area contributed by atoms with Crippen LogP contribution in [0, 0.1) is 10.5 Å². The van der Waals surface area contributed by atoms with Crippen molar-refractivity contribution < 1.29 is 4.42 Å². The van der Waals surface area contributed by atoms with Crippen molar-refractivity contribution in [2.24, 2.45) is 0 Å². The van der Waals surface area contributed by atoms with Crippen LogP contribution in [-0.2, 0) is 0 Å². The zero-order valence-electron chi connectivity index (χ0n) is 11.6. The molecule has 1 heterocycles. The minimum atomic E-state index is 0.949. The van der Waals surface area contributed by atoms with Crippen LogP contribution in [0.25, 0.3) is 33.1 Å². The van der Waals surface area contributed by atoms with Gasteiger partial charge in [0.2, 0.25) is 0 Å². The number of furan rings is 1. The van der Waals surface area contributed by atoms with Gasteiger partial charge in [0.05, 0.1) is 0 Å². The van der Waals surface area contributed by atoms with Gasteiger partial charge in [-0.15, -0.1) is 0 Å². The number of rotatable bonds is 1. The third-order valence-electron chi connectivity index (χ3n) is 3.78. The van der Waals surface area contributed by atoms with Crippen molar-refractivity contribution >= 4 is 44.5 Å². The molecule has 0 aliphatic heterocycles. The number of para-hydroxylation sites is 1. The molecule has 2 heteroatoms. The predicted octanol–water partition coefficient (Wildman–Crippen LogP) is 6.17. The molecule has 0 saturated heterocycles. The van der Waals surface area contributed by atoms with Crippen molar-refractivity contribution in [3.05, 3.63) is 69.8 Å². The summed E-state index contributed by atoms with van der Waals surface area (Å²) in [5, 5.41) is 2.38. The molecule has 0 N–H and O–H groups in total. The molecule has 3 aromatic carbocycles. The van der Waals surface area contributed by atoms with Gasteiger partial charge in [-0.1, -0.05) is 30.3 Å². The maximum atomic E-state index is 6.12. The molecule has 0 aliphatic rings. The Kier molecular flexibility index (Phi) is 3.00. The molecule has 102 valence electrons. The van der Waals surface area contributed by atoms with Crippen LogP contribution < -0.4 is 0 Å². The van der Waals surface area contributed by atoms with E-state index in [4.69, 9.17) is 4.42 Å². The van der Waals surface area contributed by atoms with Crippen LogP contribution in [0.1, 0.15) is 5.56 Å². The fraction of sp³-hybridized carbons (Fsp3) is 0.0526. The molecular weight excluding hydrogens is 371 g/mol. The first-order valence-electron chi connectivity index (χ1n) is 6.90. The van der Waals surface area contributed by atoms with Gasteiger partial charge in [-0.2, -0.15) is 0 Å². The van der Waals surface area contributed by atoms with Gasteiger partial charge in [0.25, 0.3) is 0 Å². The Hall–Kier alpha value is -1.81. The van der Waals surface area contributed by atoms with Gasteiger partial charge < -0.3 is 4.42 Å². The molecule has 0 spiro atoms. The van der Waals surface area contributed by atoms with E-state index >= 15 is 0 Å². The van der Waals surface area contributed by atoms with Crippen molar-refractivity contribution in [2.45, 2.75) is 6.92 Å². The van der Waals surface area contributed by atoms with Crippen molar-refractivity contribution in [1.29, 1.82) is 0 Å². The number of halogens is 1. The Labute approximate surface area is 136 Å². The molecule has 21 heavy (non-hydrogen) atoms. The van der Waals surface area contributed by atoms with E-state index in [2.05, 4.69) is 78.0 Å². The lowest BCUT2D eigenvalue weighted by Gasteiger charge is -2.05. The maximum absolute atomic E-state index is 6.12. The number of aryl methyl sites for hydroxylation is 1. The van der Waals surface area contributed by atoms with Gasteiger partial charge in [0.1, 0.15) is 11.2 Å². The third kappa shape index (κ3) is 2.14. The SMILES string of the molecule is Cc1cc(-c2ccc(I)cc2)c2oc3ccccc3c2c1. The van der Waals surface area contributed by atoms with Crippen molar-refractivity contribution in [3.8, 4) is 11.1 Å². The highest BCUT2D eigenvalue weighted by atomic mass is 127. The highest BCUT2D eigenvalue weighted by Crippen LogP contribution is 2.36. The van der Waals surface area contributed by atoms with E-state index in [-0.39, 0.29) is 0 Å². The summed E-state index contributed by atoms with van der Waals surface area (Å²) in [5.41, 5.74) is 5.54. The summed E-state index contributed by atoms with van der Waals surface area (Å²) >= 11 is 2.33. The third-order valence-corrected chi connectivity index (χ3v) is 4.50. The molecule has 4 rings (SSSR count). The highest BCUT2D eigenvalue weighted by molar-refractivity contribution is 14.1. The molecule has 0 atom stereocenters. The lowest BCUT2D eigenvalue weighted by Crippen LogP contribution is -1.82. The first kappa shape index (κ1) is 12.9. The lowest BCUT2D eigenvalue weighted by atomic mass is 10.00. The fourth-order valence-corrected chi connectivity index (χ4v) is 3.17. The number of benzene rings is 3. The summed E-state index contributed by atoms with van der Waals surface area (Å²) < 4.78 is 7.36. The Morgan fingerprint density at radius 3 is 2.43 bits per heavy atom. The molecule has 1 nitrogen and oxygen atoms in total. The van der Waals surface area contributed by atoms with Crippen LogP contribution in [0.4, 0.5) is 0 Å². The van der Waals surface area contributed by atoms with Crippen molar-refractivity contribution in [1.82, 2.24) is 0 Å². The smallest absolute Gasteiger partial charge is 0.143 e. The summed E-state index contributed by atoms with van der Waals surface area (Å²) in [7, 11) is 0. The molecular formula is C19H13IO. The van der Waals surface area contributed by atoms with Crippen LogP contribution >= 0.6 is 22.6 Å². The predicted molar refractivity (Wildman–Crippen MR) is 96.6 cm³/mol. The number of fused-ring (bicyclic) bond motifs is 3. The van der Waals surface area contributed by atoms with Crippen LogP contribution in [0.2, 0.25) is 0 Å². The van der Waals surface area contributed by atoms with E-state index < -0.39 is 0 Å². The van der Waals surface area contributed by atoms with Crippen LogP contribution in [0.3, 0.4) is 0 Å². The van der Waals surface area contributed by atoms with E-state index in [0.717, 1.165) is 16.7 Å². The van der Waals surface area contributed by atoms with E-state index in [9.17, 15) is 0 Å².